The van der Waals surface area contributed by atoms with E-state index in [1.165, 1.54) is 21.4 Å². The lowest BCUT2D eigenvalue weighted by Crippen LogP contribution is -1.88. The van der Waals surface area contributed by atoms with Gasteiger partial charge in [0.05, 0.1) is 22.8 Å². The van der Waals surface area contributed by atoms with Gasteiger partial charge in [-0.25, -0.2) is 9.97 Å². The number of thiophene rings is 1. The van der Waals surface area contributed by atoms with Crippen LogP contribution >= 0.6 is 11.3 Å². The van der Waals surface area contributed by atoms with Gasteiger partial charge in [0.2, 0.25) is 0 Å². The van der Waals surface area contributed by atoms with E-state index in [-0.39, 0.29) is 0 Å². The largest absolute Gasteiger partial charge is 0.354 e. The maximum atomic E-state index is 5.35. The number of H-pyrrole nitrogens is 1. The summed E-state index contributed by atoms with van der Waals surface area (Å²) in [5.74, 6) is 0. The molecule has 0 aliphatic carbocycles. The van der Waals surface area contributed by atoms with Crippen molar-refractivity contribution >= 4 is 56.1 Å². The van der Waals surface area contributed by atoms with Crippen LogP contribution in [0.1, 0.15) is 39.5 Å². The predicted molar refractivity (Wildman–Crippen MR) is 193 cm³/mol. The van der Waals surface area contributed by atoms with E-state index in [2.05, 4.69) is 153 Å². The molecule has 2 aliphatic heterocycles. The molecule has 3 aromatic heterocycles. The molecule has 0 atom stereocenters. The van der Waals surface area contributed by atoms with Crippen molar-refractivity contribution in [2.75, 3.05) is 0 Å². The fraction of sp³-hybridized carbons (Fsp3) is 0.0732. The molecule has 4 heteroatoms. The van der Waals surface area contributed by atoms with Gasteiger partial charge in [-0.05, 0) is 92.1 Å². The Morgan fingerprint density at radius 2 is 0.933 bits per heavy atom. The minimum Gasteiger partial charge on any atom is -0.354 e. The molecule has 3 aromatic carbocycles. The Balaban J connectivity index is 1.52. The first kappa shape index (κ1) is 27.2. The number of nitrogens with one attached hydrogen (secondary N) is 1. The highest BCUT2D eigenvalue weighted by Gasteiger charge is 2.17. The summed E-state index contributed by atoms with van der Waals surface area (Å²) in [4.78, 5) is 14.3. The standard InChI is InChI=1S/C41H31N3S/c1-25-4-10-28(11-5-25)39-33-18-16-31(42-33)24-32-17-23-38(45-32)41(30-14-8-27(3)9-15-30)37-22-21-36(44-37)40(35-20-19-34(39)43-35)29-12-6-26(2)7-13-29/h4-24,43H,1-3H3. The molecule has 45 heavy (non-hydrogen) atoms. The van der Waals surface area contributed by atoms with Crippen LogP contribution in [0.4, 0.5) is 0 Å². The molecule has 6 aromatic rings. The number of aryl methyl sites for hydroxylation is 3. The van der Waals surface area contributed by atoms with Crippen LogP contribution in [0.3, 0.4) is 0 Å². The van der Waals surface area contributed by atoms with Crippen LogP contribution in [0.25, 0.3) is 78.1 Å². The van der Waals surface area contributed by atoms with Gasteiger partial charge in [-0.2, -0.15) is 0 Å². The number of nitrogens with zero attached hydrogens (tertiary/aromatic N) is 2. The van der Waals surface area contributed by atoms with Crippen molar-refractivity contribution in [3.8, 4) is 33.4 Å². The molecule has 0 unspecified atom stereocenters. The quantitative estimate of drug-likeness (QED) is 0.220. The second kappa shape index (κ2) is 11.0. The number of rotatable bonds is 3. The SMILES string of the molecule is Cc1ccc(-c2c3nc(cc4ccc(s4)c(-c4ccc(C)cc4)c4nc(c(-c5ccc(C)cc5)c5ccc2[nH]5)C=C4)C=C3)cc1. The maximum Gasteiger partial charge on any atom is 0.0737 e. The summed E-state index contributed by atoms with van der Waals surface area (Å²) in [7, 11) is 0. The average Bonchev–Trinajstić information content (AvgIpc) is 3.87. The molecule has 0 fully saturated rings. The van der Waals surface area contributed by atoms with E-state index in [0.29, 0.717) is 0 Å². The van der Waals surface area contributed by atoms with Gasteiger partial charge in [0.1, 0.15) is 0 Å². The molecule has 3 nitrogen and oxygen atoms in total. The van der Waals surface area contributed by atoms with Gasteiger partial charge in [0.15, 0.2) is 0 Å². The highest BCUT2D eigenvalue weighted by molar-refractivity contribution is 7.23. The van der Waals surface area contributed by atoms with Crippen molar-refractivity contribution in [3.05, 3.63) is 143 Å². The van der Waals surface area contributed by atoms with Crippen LogP contribution < -0.4 is 0 Å². The molecule has 0 spiro atoms. The fourth-order valence-electron chi connectivity index (χ4n) is 6.10. The van der Waals surface area contributed by atoms with Crippen molar-refractivity contribution in [3.63, 3.8) is 0 Å². The first-order chi connectivity index (χ1) is 22.0. The summed E-state index contributed by atoms with van der Waals surface area (Å²) >= 11 is 1.77. The molecule has 0 radical (unpaired) electrons. The lowest BCUT2D eigenvalue weighted by molar-refractivity contribution is 1.32. The highest BCUT2D eigenvalue weighted by Crippen LogP contribution is 2.38. The number of aromatic nitrogens is 3. The predicted octanol–water partition coefficient (Wildman–Crippen LogP) is 11.3. The van der Waals surface area contributed by atoms with Crippen LogP contribution in [0.2, 0.25) is 0 Å². The lowest BCUT2D eigenvalue weighted by atomic mass is 10.0. The number of aromatic amines is 1. The average molecular weight is 598 g/mol. The highest BCUT2D eigenvalue weighted by atomic mass is 32.1. The number of hydrogen-bond acceptors (Lipinski definition) is 3. The van der Waals surface area contributed by atoms with Crippen LogP contribution in [0.15, 0.2) is 103 Å². The molecule has 5 heterocycles. The molecule has 0 saturated heterocycles. The number of benzene rings is 3. The smallest absolute Gasteiger partial charge is 0.0737 e. The van der Waals surface area contributed by atoms with Crippen LogP contribution in [-0.4, -0.2) is 15.0 Å². The Labute approximate surface area is 267 Å². The monoisotopic (exact) mass is 597 g/mol. The molecular formula is C41H31N3S. The van der Waals surface area contributed by atoms with Crippen molar-refractivity contribution < 1.29 is 0 Å². The van der Waals surface area contributed by atoms with Gasteiger partial charge >= 0.3 is 0 Å². The van der Waals surface area contributed by atoms with E-state index in [4.69, 9.17) is 9.97 Å². The van der Waals surface area contributed by atoms with E-state index in [1.807, 2.05) is 0 Å². The minimum absolute atomic E-state index is 0.938. The van der Waals surface area contributed by atoms with Gasteiger partial charge in [-0.15, -0.1) is 11.3 Å². The third-order valence-corrected chi connectivity index (χ3v) is 9.53. The molecule has 216 valence electrons. The van der Waals surface area contributed by atoms with Gasteiger partial charge in [-0.1, -0.05) is 89.5 Å². The van der Waals surface area contributed by atoms with Crippen LogP contribution in [-0.2, 0) is 0 Å². The first-order valence-corrected chi connectivity index (χ1v) is 16.1. The van der Waals surface area contributed by atoms with E-state index < -0.39 is 0 Å². The second-order valence-electron chi connectivity index (χ2n) is 11.8. The second-order valence-corrected chi connectivity index (χ2v) is 12.9. The summed E-state index contributed by atoms with van der Waals surface area (Å²) in [5.41, 5.74) is 16.2. The van der Waals surface area contributed by atoms with E-state index in [9.17, 15) is 0 Å². The van der Waals surface area contributed by atoms with Crippen molar-refractivity contribution in [2.24, 2.45) is 0 Å². The van der Waals surface area contributed by atoms with Crippen LogP contribution in [0, 0.1) is 20.8 Å². The fourth-order valence-corrected chi connectivity index (χ4v) is 7.13. The van der Waals surface area contributed by atoms with E-state index in [1.54, 1.807) is 11.3 Å². The van der Waals surface area contributed by atoms with Crippen molar-refractivity contribution in [2.45, 2.75) is 20.8 Å². The molecule has 0 amide bonds. The van der Waals surface area contributed by atoms with E-state index >= 15 is 0 Å². The van der Waals surface area contributed by atoms with Gasteiger partial charge in [0, 0.05) is 37.1 Å². The molecule has 2 aliphatic rings. The summed E-state index contributed by atoms with van der Waals surface area (Å²) in [6, 6.07) is 37.1. The Morgan fingerprint density at radius 3 is 1.49 bits per heavy atom. The van der Waals surface area contributed by atoms with Gasteiger partial charge in [-0.3, -0.25) is 0 Å². The Morgan fingerprint density at radius 1 is 0.467 bits per heavy atom. The topological polar surface area (TPSA) is 41.6 Å². The third-order valence-electron chi connectivity index (χ3n) is 8.48. The maximum absolute atomic E-state index is 5.35. The van der Waals surface area contributed by atoms with E-state index in [0.717, 1.165) is 71.9 Å². The molecule has 8 rings (SSSR count). The zero-order valence-corrected chi connectivity index (χ0v) is 26.2. The summed E-state index contributed by atoms with van der Waals surface area (Å²) in [6.07, 6.45) is 8.57. The van der Waals surface area contributed by atoms with Crippen molar-refractivity contribution in [1.29, 1.82) is 0 Å². The molecule has 8 bridgehead atoms. The van der Waals surface area contributed by atoms with Crippen LogP contribution in [0.5, 0.6) is 0 Å². The zero-order chi connectivity index (χ0) is 30.5. The molecule has 0 saturated carbocycles. The normalized spacial score (nSPS) is 12.2. The van der Waals surface area contributed by atoms with Gasteiger partial charge < -0.3 is 4.98 Å². The Bertz CT molecular complexity index is 2270. The Hall–Kier alpha value is -5.32. The summed E-state index contributed by atoms with van der Waals surface area (Å²) in [6.45, 7) is 6.37. The lowest BCUT2D eigenvalue weighted by Gasteiger charge is -2.06. The molecular weight excluding hydrogens is 567 g/mol. The summed E-state index contributed by atoms with van der Waals surface area (Å²) in [5, 5.41) is 0. The number of fused-ring (bicyclic) bond motifs is 8. The summed E-state index contributed by atoms with van der Waals surface area (Å²) < 4.78 is 2.34. The van der Waals surface area contributed by atoms with Crippen molar-refractivity contribution in [1.82, 2.24) is 15.0 Å². The minimum atomic E-state index is 0.938. The zero-order valence-electron chi connectivity index (χ0n) is 25.4. The third kappa shape index (κ3) is 5.13. The first-order valence-electron chi connectivity index (χ1n) is 15.2. The Kier molecular flexibility index (Phi) is 6.66. The number of hydrogen-bond donors (Lipinski definition) is 1. The molecule has 1 N–H and O–H groups in total. The van der Waals surface area contributed by atoms with Gasteiger partial charge in [0.25, 0.3) is 0 Å².